The molecule has 0 aliphatic heterocycles. The Morgan fingerprint density at radius 2 is 1.57 bits per heavy atom. The number of carboxylic acid groups (broad SMARTS) is 1. The first-order valence-corrected chi connectivity index (χ1v) is 6.04. The lowest BCUT2D eigenvalue weighted by molar-refractivity contribution is -0.139. The SMILES string of the molecule is N#Cc1ccc(/N=N/c2ccc(OCC(=O)O)cc2)cc1. The van der Waals surface area contributed by atoms with Crippen molar-refractivity contribution in [2.75, 3.05) is 6.61 Å². The standard InChI is InChI=1S/C15H11N3O3/c16-9-11-1-3-12(4-2-11)17-18-13-5-7-14(8-6-13)21-10-15(19)20/h1-8H,10H2,(H,19,20)/b18-17+. The highest BCUT2D eigenvalue weighted by molar-refractivity contribution is 5.68. The molecule has 2 aromatic carbocycles. The van der Waals surface area contributed by atoms with Crippen LogP contribution in [0.3, 0.4) is 0 Å². The topological polar surface area (TPSA) is 95.0 Å². The van der Waals surface area contributed by atoms with Crippen molar-refractivity contribution < 1.29 is 14.6 Å². The second kappa shape index (κ2) is 6.82. The minimum Gasteiger partial charge on any atom is -0.482 e. The Bertz CT molecular complexity index is 686. The van der Waals surface area contributed by atoms with E-state index in [1.807, 2.05) is 6.07 Å². The Morgan fingerprint density at radius 1 is 1.05 bits per heavy atom. The molecular formula is C15H11N3O3. The van der Waals surface area contributed by atoms with Crippen molar-refractivity contribution in [1.82, 2.24) is 0 Å². The zero-order chi connectivity index (χ0) is 15.1. The van der Waals surface area contributed by atoms with E-state index in [1.54, 1.807) is 48.5 Å². The summed E-state index contributed by atoms with van der Waals surface area (Å²) in [6.45, 7) is -0.383. The van der Waals surface area contributed by atoms with Crippen LogP contribution in [0.25, 0.3) is 0 Å². The number of ether oxygens (including phenoxy) is 1. The number of rotatable bonds is 5. The summed E-state index contributed by atoms with van der Waals surface area (Å²) in [5, 5.41) is 25.3. The maximum Gasteiger partial charge on any atom is 0.341 e. The minimum absolute atomic E-state index is 0.383. The summed E-state index contributed by atoms with van der Waals surface area (Å²) >= 11 is 0. The van der Waals surface area contributed by atoms with E-state index >= 15 is 0 Å². The van der Waals surface area contributed by atoms with Crippen LogP contribution in [0.4, 0.5) is 11.4 Å². The number of aliphatic carboxylic acids is 1. The second-order valence-electron chi connectivity index (χ2n) is 4.03. The van der Waals surface area contributed by atoms with Crippen LogP contribution in [-0.2, 0) is 4.79 Å². The molecule has 0 bridgehead atoms. The number of nitrogens with zero attached hydrogens (tertiary/aromatic N) is 3. The van der Waals surface area contributed by atoms with Crippen LogP contribution >= 0.6 is 0 Å². The first kappa shape index (κ1) is 14.2. The van der Waals surface area contributed by atoms with Gasteiger partial charge in [0.05, 0.1) is 23.0 Å². The molecule has 6 nitrogen and oxygen atoms in total. The predicted molar refractivity (Wildman–Crippen MR) is 74.9 cm³/mol. The van der Waals surface area contributed by atoms with Gasteiger partial charge >= 0.3 is 5.97 Å². The van der Waals surface area contributed by atoms with Crippen LogP contribution in [0.2, 0.25) is 0 Å². The quantitative estimate of drug-likeness (QED) is 0.849. The fraction of sp³-hybridized carbons (Fsp3) is 0.0667. The third-order valence-electron chi connectivity index (χ3n) is 2.48. The van der Waals surface area contributed by atoms with Gasteiger partial charge in [-0.3, -0.25) is 0 Å². The van der Waals surface area contributed by atoms with E-state index < -0.39 is 5.97 Å². The van der Waals surface area contributed by atoms with Crippen molar-refractivity contribution in [2.24, 2.45) is 10.2 Å². The van der Waals surface area contributed by atoms with Gasteiger partial charge in [-0.05, 0) is 48.5 Å². The first-order chi connectivity index (χ1) is 10.2. The van der Waals surface area contributed by atoms with Crippen LogP contribution < -0.4 is 4.74 Å². The van der Waals surface area contributed by atoms with Gasteiger partial charge in [-0.2, -0.15) is 15.5 Å². The smallest absolute Gasteiger partial charge is 0.341 e. The summed E-state index contributed by atoms with van der Waals surface area (Å²) in [4.78, 5) is 10.4. The monoisotopic (exact) mass is 281 g/mol. The van der Waals surface area contributed by atoms with Crippen LogP contribution in [0.5, 0.6) is 5.75 Å². The van der Waals surface area contributed by atoms with Gasteiger partial charge in [0.15, 0.2) is 6.61 Å². The van der Waals surface area contributed by atoms with E-state index in [2.05, 4.69) is 10.2 Å². The lowest BCUT2D eigenvalue weighted by atomic mass is 10.2. The van der Waals surface area contributed by atoms with Gasteiger partial charge in [0.2, 0.25) is 0 Å². The lowest BCUT2D eigenvalue weighted by Crippen LogP contribution is -2.09. The summed E-state index contributed by atoms with van der Waals surface area (Å²) in [6, 6.07) is 15.3. The minimum atomic E-state index is -1.03. The molecule has 0 aliphatic carbocycles. The fourth-order valence-electron chi connectivity index (χ4n) is 1.47. The van der Waals surface area contributed by atoms with Crippen LogP contribution in [0.15, 0.2) is 58.8 Å². The van der Waals surface area contributed by atoms with E-state index in [1.165, 1.54) is 0 Å². The van der Waals surface area contributed by atoms with Gasteiger partial charge in [0.25, 0.3) is 0 Å². The zero-order valence-corrected chi connectivity index (χ0v) is 10.9. The number of hydrogen-bond donors (Lipinski definition) is 1. The third kappa shape index (κ3) is 4.44. The van der Waals surface area contributed by atoms with Crippen LogP contribution in [0.1, 0.15) is 5.56 Å². The zero-order valence-electron chi connectivity index (χ0n) is 10.9. The number of carbonyl (C=O) groups is 1. The van der Waals surface area contributed by atoms with Gasteiger partial charge in [-0.1, -0.05) is 0 Å². The molecule has 6 heteroatoms. The van der Waals surface area contributed by atoms with Gasteiger partial charge in [-0.15, -0.1) is 0 Å². The Kier molecular flexibility index (Phi) is 4.62. The average molecular weight is 281 g/mol. The highest BCUT2D eigenvalue weighted by atomic mass is 16.5. The summed E-state index contributed by atoms with van der Waals surface area (Å²) in [7, 11) is 0. The number of azo groups is 1. The van der Waals surface area contributed by atoms with Gasteiger partial charge < -0.3 is 9.84 Å². The summed E-state index contributed by atoms with van der Waals surface area (Å²) in [5.41, 5.74) is 1.82. The molecule has 0 aromatic heterocycles. The van der Waals surface area contributed by atoms with Gasteiger partial charge in [-0.25, -0.2) is 4.79 Å². The molecule has 104 valence electrons. The number of nitriles is 1. The molecule has 2 aromatic rings. The molecule has 0 radical (unpaired) electrons. The van der Waals surface area contributed by atoms with Crippen molar-refractivity contribution >= 4 is 17.3 Å². The molecule has 0 spiro atoms. The molecule has 0 saturated carbocycles. The van der Waals surface area contributed by atoms with E-state index in [0.29, 0.717) is 22.7 Å². The van der Waals surface area contributed by atoms with Crippen molar-refractivity contribution in [1.29, 1.82) is 5.26 Å². The largest absolute Gasteiger partial charge is 0.482 e. The van der Waals surface area contributed by atoms with Crippen molar-refractivity contribution in [3.8, 4) is 11.8 Å². The van der Waals surface area contributed by atoms with Crippen molar-refractivity contribution in [2.45, 2.75) is 0 Å². The average Bonchev–Trinajstić information content (AvgIpc) is 2.52. The maximum absolute atomic E-state index is 10.4. The van der Waals surface area contributed by atoms with Crippen LogP contribution in [0, 0.1) is 11.3 Å². The number of benzene rings is 2. The molecular weight excluding hydrogens is 270 g/mol. The molecule has 0 fully saturated rings. The molecule has 0 unspecified atom stereocenters. The maximum atomic E-state index is 10.4. The molecule has 0 heterocycles. The normalized spacial score (nSPS) is 10.2. The second-order valence-corrected chi connectivity index (χ2v) is 4.03. The summed E-state index contributed by atoms with van der Waals surface area (Å²) in [5.74, 6) is -0.575. The number of hydrogen-bond acceptors (Lipinski definition) is 5. The lowest BCUT2D eigenvalue weighted by Gasteiger charge is -2.02. The predicted octanol–water partition coefficient (Wildman–Crippen LogP) is 3.44. The molecule has 21 heavy (non-hydrogen) atoms. The van der Waals surface area contributed by atoms with E-state index in [0.717, 1.165) is 0 Å². The number of carboxylic acids is 1. The van der Waals surface area contributed by atoms with E-state index in [4.69, 9.17) is 15.1 Å². The fourth-order valence-corrected chi connectivity index (χ4v) is 1.47. The first-order valence-electron chi connectivity index (χ1n) is 6.04. The Hall–Kier alpha value is -3.20. The highest BCUT2D eigenvalue weighted by Crippen LogP contribution is 2.21. The molecule has 0 amide bonds. The Morgan fingerprint density at radius 3 is 2.05 bits per heavy atom. The molecule has 0 aliphatic rings. The molecule has 0 atom stereocenters. The van der Waals surface area contributed by atoms with Crippen molar-refractivity contribution in [3.05, 3.63) is 54.1 Å². The van der Waals surface area contributed by atoms with Crippen LogP contribution in [-0.4, -0.2) is 17.7 Å². The Balaban J connectivity index is 2.00. The molecule has 0 saturated heterocycles. The van der Waals surface area contributed by atoms with Crippen molar-refractivity contribution in [3.63, 3.8) is 0 Å². The highest BCUT2D eigenvalue weighted by Gasteiger charge is 1.99. The summed E-state index contributed by atoms with van der Waals surface area (Å²) in [6.07, 6.45) is 0. The van der Waals surface area contributed by atoms with E-state index in [9.17, 15) is 4.79 Å². The summed E-state index contributed by atoms with van der Waals surface area (Å²) < 4.78 is 5.01. The van der Waals surface area contributed by atoms with Gasteiger partial charge in [0.1, 0.15) is 5.75 Å². The Labute approximate surface area is 120 Å². The molecule has 1 N–H and O–H groups in total. The molecule has 2 rings (SSSR count). The van der Waals surface area contributed by atoms with Gasteiger partial charge in [0, 0.05) is 0 Å². The van der Waals surface area contributed by atoms with E-state index in [-0.39, 0.29) is 6.61 Å². The third-order valence-corrected chi connectivity index (χ3v) is 2.48.